The Morgan fingerprint density at radius 3 is 2.72 bits per heavy atom. The minimum absolute atomic E-state index is 0.0923. The van der Waals surface area contributed by atoms with Crippen molar-refractivity contribution in [3.63, 3.8) is 0 Å². The molecule has 2 unspecified atom stereocenters. The van der Waals surface area contributed by atoms with Crippen LogP contribution in [0.15, 0.2) is 0 Å². The van der Waals surface area contributed by atoms with Gasteiger partial charge in [0.05, 0.1) is 0 Å². The molecule has 1 saturated carbocycles. The van der Waals surface area contributed by atoms with Gasteiger partial charge in [0.15, 0.2) is 0 Å². The smallest absolute Gasteiger partial charge is 0.142 e. The third kappa shape index (κ3) is 3.99. The lowest BCUT2D eigenvalue weighted by Crippen LogP contribution is -2.44. The van der Waals surface area contributed by atoms with Crippen molar-refractivity contribution in [2.24, 2.45) is 11.3 Å². The molecular weight excluding hydrogens is 242 g/mol. The van der Waals surface area contributed by atoms with E-state index < -0.39 is 0 Å². The summed E-state index contributed by atoms with van der Waals surface area (Å²) in [5.41, 5.74) is -0.0923. The number of Topliss-reactive ketones (excluding diaryl/α,β-unsaturated/α-hetero) is 1. The van der Waals surface area contributed by atoms with E-state index in [0.29, 0.717) is 11.8 Å². The first-order valence-electron chi connectivity index (χ1n) is 7.16. The third-order valence-electron chi connectivity index (χ3n) is 4.35. The van der Waals surface area contributed by atoms with Gasteiger partial charge in [-0.3, -0.25) is 4.79 Å². The van der Waals surface area contributed by atoms with Gasteiger partial charge in [-0.25, -0.2) is 0 Å². The van der Waals surface area contributed by atoms with Gasteiger partial charge in [0.1, 0.15) is 5.78 Å². The molecule has 0 saturated heterocycles. The predicted molar refractivity (Wildman–Crippen MR) is 81.2 cm³/mol. The zero-order chi connectivity index (χ0) is 13.8. The molecule has 3 heteroatoms. The first-order valence-corrected chi connectivity index (χ1v) is 8.55. The highest BCUT2D eigenvalue weighted by Gasteiger charge is 2.37. The zero-order valence-corrected chi connectivity index (χ0v) is 13.5. The number of ketones is 1. The maximum Gasteiger partial charge on any atom is 0.142 e. The highest BCUT2D eigenvalue weighted by Crippen LogP contribution is 2.35. The number of hydrogen-bond acceptors (Lipinski definition) is 3. The van der Waals surface area contributed by atoms with E-state index in [0.717, 1.165) is 25.1 Å². The number of carbonyl (C=O) groups excluding carboxylic acids is 1. The molecule has 1 fully saturated rings. The Balaban J connectivity index is 2.57. The molecule has 0 aromatic rings. The zero-order valence-electron chi connectivity index (χ0n) is 12.7. The summed E-state index contributed by atoms with van der Waals surface area (Å²) in [6.07, 6.45) is 6.68. The monoisotopic (exact) mass is 271 g/mol. The predicted octanol–water partition coefficient (Wildman–Crippen LogP) is 3.46. The molecule has 18 heavy (non-hydrogen) atoms. The summed E-state index contributed by atoms with van der Waals surface area (Å²) < 4.78 is 0. The molecule has 0 bridgehead atoms. The number of carbonyl (C=O) groups is 1. The highest BCUT2D eigenvalue weighted by molar-refractivity contribution is 7.98. The van der Waals surface area contributed by atoms with Crippen LogP contribution in [0.5, 0.6) is 0 Å². The van der Waals surface area contributed by atoms with Crippen LogP contribution >= 0.6 is 11.8 Å². The van der Waals surface area contributed by atoms with Crippen molar-refractivity contribution in [1.29, 1.82) is 0 Å². The van der Waals surface area contributed by atoms with Crippen molar-refractivity contribution >= 4 is 17.5 Å². The number of nitrogens with zero attached hydrogens (tertiary/aromatic N) is 1. The van der Waals surface area contributed by atoms with Gasteiger partial charge in [0.2, 0.25) is 0 Å². The summed E-state index contributed by atoms with van der Waals surface area (Å²) >= 11 is 1.90. The van der Waals surface area contributed by atoms with Gasteiger partial charge < -0.3 is 4.90 Å². The Bertz CT molecular complexity index is 278. The van der Waals surface area contributed by atoms with Crippen molar-refractivity contribution in [1.82, 2.24) is 4.90 Å². The second-order valence-electron chi connectivity index (χ2n) is 6.29. The van der Waals surface area contributed by atoms with Crippen molar-refractivity contribution in [2.45, 2.75) is 52.5 Å². The van der Waals surface area contributed by atoms with E-state index in [4.69, 9.17) is 0 Å². The molecular formula is C15H29NOS. The van der Waals surface area contributed by atoms with E-state index in [9.17, 15) is 4.79 Å². The fourth-order valence-electron chi connectivity index (χ4n) is 3.02. The molecule has 0 aromatic carbocycles. The van der Waals surface area contributed by atoms with E-state index in [1.165, 1.54) is 12.8 Å². The maximum absolute atomic E-state index is 12.4. The molecule has 1 rings (SSSR count). The van der Waals surface area contributed by atoms with Crippen LogP contribution in [0.25, 0.3) is 0 Å². The Labute approximate surface area is 117 Å². The second-order valence-corrected chi connectivity index (χ2v) is 7.20. The lowest BCUT2D eigenvalue weighted by atomic mass is 9.71. The molecule has 2 atom stereocenters. The van der Waals surface area contributed by atoms with Gasteiger partial charge >= 0.3 is 0 Å². The van der Waals surface area contributed by atoms with E-state index in [1.807, 2.05) is 11.8 Å². The minimum Gasteiger partial charge on any atom is -0.302 e. The molecule has 1 aliphatic rings. The van der Waals surface area contributed by atoms with Gasteiger partial charge in [0, 0.05) is 29.7 Å². The topological polar surface area (TPSA) is 20.3 Å². The normalized spacial score (nSPS) is 25.4. The average molecular weight is 271 g/mol. The summed E-state index contributed by atoms with van der Waals surface area (Å²) in [7, 11) is 2.18. The molecule has 0 aliphatic heterocycles. The van der Waals surface area contributed by atoms with Crippen molar-refractivity contribution in [3.8, 4) is 0 Å². The van der Waals surface area contributed by atoms with Crippen LogP contribution in [0, 0.1) is 11.3 Å². The SMILES string of the molecule is CCC(CSC)N(C)CC1CCCC(C)(C)C1=O. The van der Waals surface area contributed by atoms with E-state index in [1.54, 1.807) is 0 Å². The fourth-order valence-corrected chi connectivity index (χ4v) is 3.89. The van der Waals surface area contributed by atoms with Crippen LogP contribution in [0.1, 0.15) is 46.5 Å². The molecule has 0 heterocycles. The molecule has 0 N–H and O–H groups in total. The van der Waals surface area contributed by atoms with E-state index >= 15 is 0 Å². The van der Waals surface area contributed by atoms with Gasteiger partial charge in [-0.2, -0.15) is 11.8 Å². The van der Waals surface area contributed by atoms with Gasteiger partial charge in [-0.05, 0) is 32.6 Å². The van der Waals surface area contributed by atoms with Crippen LogP contribution < -0.4 is 0 Å². The summed E-state index contributed by atoms with van der Waals surface area (Å²) in [6, 6.07) is 0.609. The van der Waals surface area contributed by atoms with Gasteiger partial charge in [-0.1, -0.05) is 27.2 Å². The molecule has 1 aliphatic carbocycles. The largest absolute Gasteiger partial charge is 0.302 e. The average Bonchev–Trinajstić information content (AvgIpc) is 2.31. The quantitative estimate of drug-likeness (QED) is 0.738. The second kappa shape index (κ2) is 6.95. The lowest BCUT2D eigenvalue weighted by molar-refractivity contribution is -0.135. The van der Waals surface area contributed by atoms with Gasteiger partial charge in [0.25, 0.3) is 0 Å². The van der Waals surface area contributed by atoms with Crippen molar-refractivity contribution in [3.05, 3.63) is 0 Å². The summed E-state index contributed by atoms with van der Waals surface area (Å²) in [4.78, 5) is 14.8. The van der Waals surface area contributed by atoms with Gasteiger partial charge in [-0.15, -0.1) is 0 Å². The molecule has 0 spiro atoms. The summed E-state index contributed by atoms with van der Waals surface area (Å²) in [5, 5.41) is 0. The standard InChI is InChI=1S/C15H29NOS/c1-6-13(11-18-5)16(4)10-12-8-7-9-15(2,3)14(12)17/h12-13H,6-11H2,1-5H3. The van der Waals surface area contributed by atoms with E-state index in [2.05, 4.69) is 39.0 Å². The third-order valence-corrected chi connectivity index (χ3v) is 5.07. The number of hydrogen-bond donors (Lipinski definition) is 0. The summed E-state index contributed by atoms with van der Waals surface area (Å²) in [6.45, 7) is 7.41. The minimum atomic E-state index is -0.0923. The molecule has 0 aromatic heterocycles. The van der Waals surface area contributed by atoms with Crippen LogP contribution in [-0.2, 0) is 4.79 Å². The summed E-state index contributed by atoms with van der Waals surface area (Å²) in [5.74, 6) is 1.91. The Hall–Kier alpha value is -0.0200. The first-order chi connectivity index (χ1) is 8.42. The number of rotatable bonds is 6. The molecule has 106 valence electrons. The van der Waals surface area contributed by atoms with Crippen LogP contribution in [0.3, 0.4) is 0 Å². The number of thioether (sulfide) groups is 1. The highest BCUT2D eigenvalue weighted by atomic mass is 32.2. The van der Waals surface area contributed by atoms with Crippen LogP contribution in [0.4, 0.5) is 0 Å². The first kappa shape index (κ1) is 16.0. The van der Waals surface area contributed by atoms with E-state index in [-0.39, 0.29) is 11.3 Å². The lowest BCUT2D eigenvalue weighted by Gasteiger charge is -2.37. The molecule has 0 amide bonds. The maximum atomic E-state index is 12.4. The van der Waals surface area contributed by atoms with Crippen molar-refractivity contribution in [2.75, 3.05) is 25.6 Å². The molecule has 0 radical (unpaired) electrons. The van der Waals surface area contributed by atoms with Crippen LogP contribution in [0.2, 0.25) is 0 Å². The van der Waals surface area contributed by atoms with Crippen molar-refractivity contribution < 1.29 is 4.79 Å². The Kier molecular flexibility index (Phi) is 6.19. The Morgan fingerprint density at radius 2 is 2.17 bits per heavy atom. The fraction of sp³-hybridized carbons (Fsp3) is 0.933. The Morgan fingerprint density at radius 1 is 1.50 bits per heavy atom. The van der Waals surface area contributed by atoms with Crippen LogP contribution in [-0.4, -0.2) is 42.3 Å². The molecule has 2 nitrogen and oxygen atoms in total.